The topological polar surface area (TPSA) is 80.7 Å². The summed E-state index contributed by atoms with van der Waals surface area (Å²) >= 11 is 1.49. The van der Waals surface area contributed by atoms with Crippen LogP contribution in [0.15, 0.2) is 63.3 Å². The van der Waals surface area contributed by atoms with Crippen LogP contribution in [0.3, 0.4) is 0 Å². The number of furan rings is 1. The number of nitrogens with zero attached hydrogens (tertiary/aromatic N) is 4. The molecule has 5 rings (SSSR count). The van der Waals surface area contributed by atoms with Gasteiger partial charge in [0.2, 0.25) is 0 Å². The summed E-state index contributed by atoms with van der Waals surface area (Å²) in [4.78, 5) is 32.5. The van der Waals surface area contributed by atoms with Crippen LogP contribution in [0.1, 0.15) is 39.8 Å². The fourth-order valence-corrected chi connectivity index (χ4v) is 4.95. The van der Waals surface area contributed by atoms with E-state index >= 15 is 0 Å². The van der Waals surface area contributed by atoms with E-state index < -0.39 is 0 Å². The van der Waals surface area contributed by atoms with Gasteiger partial charge >= 0.3 is 0 Å². The highest BCUT2D eigenvalue weighted by molar-refractivity contribution is 7.18. The first-order valence-electron chi connectivity index (χ1n) is 10.4. The zero-order valence-electron chi connectivity index (χ0n) is 18.0. The molecule has 1 atom stereocenters. The van der Waals surface area contributed by atoms with E-state index in [1.165, 1.54) is 27.2 Å². The third-order valence-electron chi connectivity index (χ3n) is 5.88. The van der Waals surface area contributed by atoms with Crippen molar-refractivity contribution < 1.29 is 9.21 Å². The highest BCUT2D eigenvalue weighted by Gasteiger charge is 2.35. The molecule has 4 aromatic rings. The summed E-state index contributed by atoms with van der Waals surface area (Å²) in [6, 6.07) is 11.3. The highest BCUT2D eigenvalue weighted by Crippen LogP contribution is 2.33. The Hall–Kier alpha value is -3.52. The molecule has 0 N–H and O–H groups in total. The van der Waals surface area contributed by atoms with Crippen LogP contribution >= 0.6 is 11.3 Å². The Bertz CT molecular complexity index is 1400. The van der Waals surface area contributed by atoms with Gasteiger partial charge in [0.15, 0.2) is 0 Å². The highest BCUT2D eigenvalue weighted by atomic mass is 32.1. The van der Waals surface area contributed by atoms with E-state index in [1.54, 1.807) is 12.3 Å². The Kier molecular flexibility index (Phi) is 5.01. The number of aromatic nitrogens is 2. The second-order valence-corrected chi connectivity index (χ2v) is 9.23. The number of benzene rings is 1. The lowest BCUT2D eigenvalue weighted by Crippen LogP contribution is -2.34. The van der Waals surface area contributed by atoms with Crippen molar-refractivity contribution in [2.24, 2.45) is 5.10 Å². The van der Waals surface area contributed by atoms with Gasteiger partial charge in [-0.2, -0.15) is 5.10 Å². The summed E-state index contributed by atoms with van der Waals surface area (Å²) in [6.07, 6.45) is 3.57. The van der Waals surface area contributed by atoms with Crippen LogP contribution in [0.2, 0.25) is 0 Å². The molecule has 1 amide bonds. The molecule has 0 spiro atoms. The zero-order valence-corrected chi connectivity index (χ0v) is 18.8. The van der Waals surface area contributed by atoms with Crippen LogP contribution in [0.5, 0.6) is 0 Å². The van der Waals surface area contributed by atoms with E-state index in [-0.39, 0.29) is 24.1 Å². The first-order chi connectivity index (χ1) is 15.4. The van der Waals surface area contributed by atoms with Crippen LogP contribution in [0.4, 0.5) is 0 Å². The van der Waals surface area contributed by atoms with Gasteiger partial charge in [0.1, 0.15) is 23.2 Å². The average molecular weight is 447 g/mol. The number of thiophene rings is 1. The van der Waals surface area contributed by atoms with Gasteiger partial charge in [0.05, 0.1) is 23.7 Å². The van der Waals surface area contributed by atoms with Gasteiger partial charge in [0.25, 0.3) is 11.5 Å². The van der Waals surface area contributed by atoms with Gasteiger partial charge in [0, 0.05) is 11.3 Å². The Morgan fingerprint density at radius 2 is 1.97 bits per heavy atom. The maximum Gasteiger partial charge on any atom is 0.263 e. The van der Waals surface area contributed by atoms with Gasteiger partial charge in [-0.25, -0.2) is 9.99 Å². The van der Waals surface area contributed by atoms with Crippen LogP contribution in [-0.4, -0.2) is 26.2 Å². The molecule has 4 heterocycles. The largest absolute Gasteiger partial charge is 0.467 e. The molecule has 0 bridgehead atoms. The van der Waals surface area contributed by atoms with Crippen molar-refractivity contribution in [3.63, 3.8) is 0 Å². The summed E-state index contributed by atoms with van der Waals surface area (Å²) < 4.78 is 6.97. The van der Waals surface area contributed by atoms with Crippen LogP contribution in [0, 0.1) is 20.8 Å². The van der Waals surface area contributed by atoms with E-state index in [2.05, 4.69) is 10.1 Å². The zero-order chi connectivity index (χ0) is 22.4. The number of hydrogen-bond acceptors (Lipinski definition) is 6. The lowest BCUT2D eigenvalue weighted by Gasteiger charge is -2.20. The quantitative estimate of drug-likeness (QED) is 0.467. The number of aryl methyl sites for hydroxylation is 3. The standard InChI is InChI=1S/C24H22N4O3S/c1-14-6-8-17(9-7-14)18-11-19(20-5-4-10-31-20)28(26-18)21(29)12-27-13-25-23-22(24(27)30)15(2)16(3)32-23/h4-10,13,19H,11-12H2,1-3H3/t19-/m1/s1. The summed E-state index contributed by atoms with van der Waals surface area (Å²) in [5.74, 6) is 0.371. The molecule has 0 unspecified atom stereocenters. The van der Waals surface area contributed by atoms with Crippen molar-refractivity contribution in [1.29, 1.82) is 0 Å². The lowest BCUT2D eigenvalue weighted by atomic mass is 10.0. The third-order valence-corrected chi connectivity index (χ3v) is 7.00. The Morgan fingerprint density at radius 3 is 2.69 bits per heavy atom. The molecule has 0 aliphatic carbocycles. The lowest BCUT2D eigenvalue weighted by molar-refractivity contribution is -0.134. The minimum Gasteiger partial charge on any atom is -0.467 e. The summed E-state index contributed by atoms with van der Waals surface area (Å²) in [5, 5.41) is 6.66. The Morgan fingerprint density at radius 1 is 1.19 bits per heavy atom. The number of fused-ring (bicyclic) bond motifs is 1. The number of amides is 1. The molecule has 0 fully saturated rings. The Balaban J connectivity index is 1.49. The molecular formula is C24H22N4O3S. The molecule has 0 saturated carbocycles. The monoisotopic (exact) mass is 446 g/mol. The van der Waals surface area contributed by atoms with E-state index in [0.29, 0.717) is 22.4 Å². The van der Waals surface area contributed by atoms with Gasteiger partial charge in [-0.1, -0.05) is 29.8 Å². The van der Waals surface area contributed by atoms with Crippen LogP contribution < -0.4 is 5.56 Å². The van der Waals surface area contributed by atoms with Gasteiger partial charge in [-0.3, -0.25) is 14.2 Å². The third kappa shape index (κ3) is 3.46. The van der Waals surface area contributed by atoms with Gasteiger partial charge < -0.3 is 4.42 Å². The normalized spacial score (nSPS) is 16.0. The molecule has 1 aromatic carbocycles. The Labute approximate surface area is 188 Å². The van der Waals surface area contributed by atoms with E-state index in [0.717, 1.165) is 27.3 Å². The van der Waals surface area contributed by atoms with Crippen molar-refractivity contribution >= 4 is 33.2 Å². The molecule has 3 aromatic heterocycles. The molecule has 1 aliphatic heterocycles. The fourth-order valence-electron chi connectivity index (χ4n) is 3.96. The van der Waals surface area contributed by atoms with Crippen molar-refractivity contribution in [1.82, 2.24) is 14.6 Å². The SMILES string of the molecule is Cc1ccc(C2=NN(C(=O)Cn3cnc4sc(C)c(C)c4c3=O)[C@@H](c3ccco3)C2)cc1. The minimum atomic E-state index is -0.355. The number of carbonyl (C=O) groups is 1. The predicted octanol–water partition coefficient (Wildman–Crippen LogP) is 4.35. The van der Waals surface area contributed by atoms with Crippen molar-refractivity contribution in [2.45, 2.75) is 39.8 Å². The summed E-state index contributed by atoms with van der Waals surface area (Å²) in [5.41, 5.74) is 3.64. The van der Waals surface area contributed by atoms with E-state index in [9.17, 15) is 9.59 Å². The first kappa shape index (κ1) is 20.4. The second-order valence-electron chi connectivity index (χ2n) is 8.03. The van der Waals surface area contributed by atoms with Crippen molar-refractivity contribution in [3.8, 4) is 0 Å². The molecule has 8 heteroatoms. The van der Waals surface area contributed by atoms with Gasteiger partial charge in [-0.05, 0) is 44.0 Å². The first-order valence-corrected chi connectivity index (χ1v) is 11.2. The van der Waals surface area contributed by atoms with Crippen molar-refractivity contribution in [3.05, 3.63) is 86.7 Å². The number of hydrogen-bond donors (Lipinski definition) is 0. The molecule has 1 aliphatic rings. The number of carbonyl (C=O) groups excluding carboxylic acids is 1. The molecule has 32 heavy (non-hydrogen) atoms. The van der Waals surface area contributed by atoms with E-state index in [1.807, 2.05) is 51.1 Å². The molecule has 0 saturated heterocycles. The maximum absolute atomic E-state index is 13.3. The maximum atomic E-state index is 13.3. The van der Waals surface area contributed by atoms with Crippen LogP contribution in [-0.2, 0) is 11.3 Å². The second kappa shape index (κ2) is 7.87. The smallest absolute Gasteiger partial charge is 0.263 e. The predicted molar refractivity (Wildman–Crippen MR) is 124 cm³/mol. The number of rotatable bonds is 4. The molecule has 162 valence electrons. The number of hydrazone groups is 1. The van der Waals surface area contributed by atoms with Crippen molar-refractivity contribution in [2.75, 3.05) is 0 Å². The molecule has 7 nitrogen and oxygen atoms in total. The molecular weight excluding hydrogens is 424 g/mol. The fraction of sp³-hybridized carbons (Fsp3) is 0.250. The molecule has 0 radical (unpaired) electrons. The van der Waals surface area contributed by atoms with Crippen LogP contribution in [0.25, 0.3) is 10.2 Å². The minimum absolute atomic E-state index is 0.141. The summed E-state index contributed by atoms with van der Waals surface area (Å²) in [7, 11) is 0. The van der Waals surface area contributed by atoms with Gasteiger partial charge in [-0.15, -0.1) is 11.3 Å². The average Bonchev–Trinajstić information content (AvgIpc) is 3.50. The summed E-state index contributed by atoms with van der Waals surface area (Å²) in [6.45, 7) is 5.77. The van der Waals surface area contributed by atoms with E-state index in [4.69, 9.17) is 4.42 Å².